The van der Waals surface area contributed by atoms with Gasteiger partial charge in [0.1, 0.15) is 0 Å². The van der Waals surface area contributed by atoms with Crippen molar-refractivity contribution in [1.29, 1.82) is 0 Å². The van der Waals surface area contributed by atoms with Crippen LogP contribution in [0.3, 0.4) is 0 Å². The Morgan fingerprint density at radius 1 is 0.302 bits per heavy atom. The van der Waals surface area contributed by atoms with Crippen LogP contribution in [0.25, 0.3) is 76.8 Å². The van der Waals surface area contributed by atoms with E-state index in [1.807, 2.05) is 0 Å². The van der Waals surface area contributed by atoms with Crippen molar-refractivity contribution >= 4 is 32.3 Å². The Bertz CT molecular complexity index is 2270. The fourth-order valence-electron chi connectivity index (χ4n) is 6.75. The molecule has 8 rings (SSSR count). The van der Waals surface area contributed by atoms with Gasteiger partial charge < -0.3 is 0 Å². The van der Waals surface area contributed by atoms with Crippen molar-refractivity contribution in [3.63, 3.8) is 0 Å². The summed E-state index contributed by atoms with van der Waals surface area (Å²) in [5.74, 6) is 0. The molecule has 0 radical (unpaired) electrons. The Morgan fingerprint density at radius 2 is 0.767 bits per heavy atom. The molecule has 0 spiro atoms. The lowest BCUT2D eigenvalue weighted by molar-refractivity contribution is 1.51. The van der Waals surface area contributed by atoms with Gasteiger partial charge in [-0.05, 0) is 95.9 Å². The molecule has 0 saturated carbocycles. The van der Waals surface area contributed by atoms with E-state index in [9.17, 15) is 0 Å². The number of benzene rings is 8. The van der Waals surface area contributed by atoms with Crippen LogP contribution in [-0.4, -0.2) is 0 Å². The molecule has 0 bridgehead atoms. The summed E-state index contributed by atoms with van der Waals surface area (Å²) in [6, 6.07) is 59.9. The topological polar surface area (TPSA) is 0 Å². The monoisotopic (exact) mass is 546 g/mol. The van der Waals surface area contributed by atoms with Gasteiger partial charge in [0, 0.05) is 0 Å². The number of hydrogen-bond donors (Lipinski definition) is 0. The predicted octanol–water partition coefficient (Wildman–Crippen LogP) is 12.1. The largest absolute Gasteiger partial charge is 0.0622 e. The SMILES string of the molecule is Cc1ccc2c(-c3ccccc3-c3ccccc3)c3ccccc3c(-c3cc4ccccc4cc3-c3ccccc3)c2c1. The van der Waals surface area contributed by atoms with Crippen LogP contribution in [0.1, 0.15) is 5.56 Å². The molecule has 0 N–H and O–H groups in total. The Hall–Kier alpha value is -5.46. The zero-order chi connectivity index (χ0) is 28.8. The third-order valence-corrected chi connectivity index (χ3v) is 8.70. The highest BCUT2D eigenvalue weighted by Crippen LogP contribution is 2.48. The molecule has 8 aromatic carbocycles. The minimum atomic E-state index is 1.23. The fourth-order valence-corrected chi connectivity index (χ4v) is 6.75. The van der Waals surface area contributed by atoms with Crippen LogP contribution in [0, 0.1) is 6.92 Å². The first-order valence-corrected chi connectivity index (χ1v) is 14.9. The summed E-state index contributed by atoms with van der Waals surface area (Å²) in [5.41, 5.74) is 11.3. The molecule has 0 unspecified atom stereocenters. The summed E-state index contributed by atoms with van der Waals surface area (Å²) in [4.78, 5) is 0. The normalized spacial score (nSPS) is 11.4. The third-order valence-electron chi connectivity index (χ3n) is 8.70. The molecule has 0 fully saturated rings. The maximum Gasteiger partial charge on any atom is -0.00198 e. The predicted molar refractivity (Wildman–Crippen MR) is 185 cm³/mol. The van der Waals surface area contributed by atoms with Crippen molar-refractivity contribution in [2.24, 2.45) is 0 Å². The van der Waals surface area contributed by atoms with Gasteiger partial charge in [-0.25, -0.2) is 0 Å². The van der Waals surface area contributed by atoms with Gasteiger partial charge in [0.2, 0.25) is 0 Å². The van der Waals surface area contributed by atoms with E-state index in [0.717, 1.165) is 0 Å². The van der Waals surface area contributed by atoms with Crippen molar-refractivity contribution in [3.8, 4) is 44.5 Å². The molecule has 0 atom stereocenters. The first-order chi connectivity index (χ1) is 21.3. The number of fused-ring (bicyclic) bond motifs is 3. The standard InChI is InChI=1S/C43H30/c1-29-24-25-38-40(26-29)43(41-28-33-19-9-8-18-32(33)27-39(41)31-16-6-3-7-17-31)37-23-13-12-22-36(37)42(38)35-21-11-10-20-34(35)30-14-4-2-5-15-30/h2-28H,1H3. The van der Waals surface area contributed by atoms with Gasteiger partial charge in [0.25, 0.3) is 0 Å². The van der Waals surface area contributed by atoms with Crippen LogP contribution in [-0.2, 0) is 0 Å². The molecule has 0 aliphatic rings. The van der Waals surface area contributed by atoms with Gasteiger partial charge in [-0.15, -0.1) is 0 Å². The molecule has 8 aromatic rings. The van der Waals surface area contributed by atoms with Crippen molar-refractivity contribution in [3.05, 3.63) is 169 Å². The van der Waals surface area contributed by atoms with Crippen molar-refractivity contribution in [1.82, 2.24) is 0 Å². The lowest BCUT2D eigenvalue weighted by atomic mass is 9.81. The number of aryl methyl sites for hydroxylation is 1. The average Bonchev–Trinajstić information content (AvgIpc) is 3.07. The first kappa shape index (κ1) is 25.3. The molecule has 0 aromatic heterocycles. The lowest BCUT2D eigenvalue weighted by Crippen LogP contribution is -1.95. The molecule has 0 saturated heterocycles. The van der Waals surface area contributed by atoms with Crippen LogP contribution in [0.5, 0.6) is 0 Å². The highest BCUT2D eigenvalue weighted by molar-refractivity contribution is 6.24. The highest BCUT2D eigenvalue weighted by atomic mass is 14.2. The molecule has 0 amide bonds. The quantitative estimate of drug-likeness (QED) is 0.193. The molecule has 202 valence electrons. The van der Waals surface area contributed by atoms with Gasteiger partial charge >= 0.3 is 0 Å². The molecular formula is C43H30. The molecule has 0 aliphatic heterocycles. The second-order valence-corrected chi connectivity index (χ2v) is 11.4. The summed E-state index contributed by atoms with van der Waals surface area (Å²) < 4.78 is 0. The maximum absolute atomic E-state index is 2.40. The Balaban J connectivity index is 1.54. The van der Waals surface area contributed by atoms with Crippen LogP contribution in [0.15, 0.2) is 164 Å². The summed E-state index contributed by atoms with van der Waals surface area (Å²) >= 11 is 0. The van der Waals surface area contributed by atoms with Crippen LogP contribution in [0.2, 0.25) is 0 Å². The van der Waals surface area contributed by atoms with Gasteiger partial charge in [0.15, 0.2) is 0 Å². The minimum absolute atomic E-state index is 1.23. The van der Waals surface area contributed by atoms with E-state index in [4.69, 9.17) is 0 Å². The van der Waals surface area contributed by atoms with E-state index in [1.54, 1.807) is 0 Å². The number of hydrogen-bond acceptors (Lipinski definition) is 0. The Kier molecular flexibility index (Phi) is 6.12. The second kappa shape index (κ2) is 10.4. The van der Waals surface area contributed by atoms with E-state index in [1.165, 1.54) is 82.4 Å². The molecular weight excluding hydrogens is 516 g/mol. The van der Waals surface area contributed by atoms with Gasteiger partial charge in [-0.2, -0.15) is 0 Å². The minimum Gasteiger partial charge on any atom is -0.0622 e. The van der Waals surface area contributed by atoms with E-state index >= 15 is 0 Å². The van der Waals surface area contributed by atoms with Crippen molar-refractivity contribution in [2.45, 2.75) is 6.92 Å². The summed E-state index contributed by atoms with van der Waals surface area (Å²) in [6.45, 7) is 2.20. The summed E-state index contributed by atoms with van der Waals surface area (Å²) in [5, 5.41) is 7.60. The first-order valence-electron chi connectivity index (χ1n) is 14.9. The zero-order valence-electron chi connectivity index (χ0n) is 24.1. The summed E-state index contributed by atoms with van der Waals surface area (Å²) in [6.07, 6.45) is 0. The van der Waals surface area contributed by atoms with Crippen molar-refractivity contribution in [2.75, 3.05) is 0 Å². The molecule has 0 heterocycles. The summed E-state index contributed by atoms with van der Waals surface area (Å²) in [7, 11) is 0. The van der Waals surface area contributed by atoms with E-state index in [0.29, 0.717) is 0 Å². The average molecular weight is 547 g/mol. The molecule has 0 nitrogen and oxygen atoms in total. The van der Waals surface area contributed by atoms with Gasteiger partial charge in [-0.1, -0.05) is 157 Å². The third kappa shape index (κ3) is 4.31. The van der Waals surface area contributed by atoms with Crippen LogP contribution in [0.4, 0.5) is 0 Å². The fraction of sp³-hybridized carbons (Fsp3) is 0.0233. The van der Waals surface area contributed by atoms with Crippen molar-refractivity contribution < 1.29 is 0 Å². The van der Waals surface area contributed by atoms with E-state index in [2.05, 4.69) is 171 Å². The number of rotatable bonds is 4. The zero-order valence-corrected chi connectivity index (χ0v) is 24.1. The van der Waals surface area contributed by atoms with E-state index < -0.39 is 0 Å². The lowest BCUT2D eigenvalue weighted by Gasteiger charge is -2.22. The molecule has 0 aliphatic carbocycles. The van der Waals surface area contributed by atoms with Crippen LogP contribution >= 0.6 is 0 Å². The molecule has 43 heavy (non-hydrogen) atoms. The second-order valence-electron chi connectivity index (χ2n) is 11.4. The van der Waals surface area contributed by atoms with E-state index in [-0.39, 0.29) is 0 Å². The maximum atomic E-state index is 2.40. The Labute approximate surface area is 252 Å². The highest BCUT2D eigenvalue weighted by Gasteiger charge is 2.21. The van der Waals surface area contributed by atoms with Gasteiger partial charge in [-0.3, -0.25) is 0 Å². The smallest absolute Gasteiger partial charge is 0.00198 e. The Morgan fingerprint density at radius 3 is 1.42 bits per heavy atom. The van der Waals surface area contributed by atoms with Crippen LogP contribution < -0.4 is 0 Å². The van der Waals surface area contributed by atoms with Gasteiger partial charge in [0.05, 0.1) is 0 Å². The molecule has 0 heteroatoms.